The average molecular weight is 332 g/mol. The third-order valence-electron chi connectivity index (χ3n) is 3.28. The first-order chi connectivity index (χ1) is 8.21. The van der Waals surface area contributed by atoms with Crippen LogP contribution in [0.3, 0.4) is 0 Å². The van der Waals surface area contributed by atoms with E-state index in [4.69, 9.17) is 0 Å². The Kier molecular flexibility index (Phi) is 5.05. The summed E-state index contributed by atoms with van der Waals surface area (Å²) in [5.74, 6) is -0.205. The van der Waals surface area contributed by atoms with Gasteiger partial charge in [-0.2, -0.15) is 13.2 Å². The van der Waals surface area contributed by atoms with Gasteiger partial charge in [0, 0.05) is 19.5 Å². The lowest BCUT2D eigenvalue weighted by Gasteiger charge is -2.29. The van der Waals surface area contributed by atoms with Crippen LogP contribution in [0, 0.1) is 0 Å². The molecule has 2 unspecified atom stereocenters. The number of hydrogen-bond acceptors (Lipinski definition) is 2. The predicted octanol–water partition coefficient (Wildman–Crippen LogP) is 2.47. The SMILES string of the molecule is CCC(Br)C(=O)N1CCCC(O)(C(F)(F)F)CC1. The van der Waals surface area contributed by atoms with Gasteiger partial charge in [0.2, 0.25) is 5.91 Å². The van der Waals surface area contributed by atoms with Gasteiger partial charge in [-0.3, -0.25) is 4.79 Å². The van der Waals surface area contributed by atoms with E-state index < -0.39 is 18.2 Å². The smallest absolute Gasteiger partial charge is 0.380 e. The molecule has 1 fully saturated rings. The number of alkyl halides is 4. The molecule has 0 spiro atoms. The molecule has 1 aliphatic heterocycles. The minimum absolute atomic E-state index is 0.0586. The standard InChI is InChI=1S/C11H17BrF3NO2/c1-2-8(12)9(17)16-6-3-4-10(18,5-7-16)11(13,14)15/h8,18H,2-7H2,1H3. The normalized spacial score (nSPS) is 27.8. The van der Waals surface area contributed by atoms with Crippen molar-refractivity contribution in [2.24, 2.45) is 0 Å². The summed E-state index contributed by atoms with van der Waals surface area (Å²) in [4.78, 5) is 12.9. The van der Waals surface area contributed by atoms with Gasteiger partial charge in [0.15, 0.2) is 5.60 Å². The van der Waals surface area contributed by atoms with Crippen molar-refractivity contribution in [1.29, 1.82) is 0 Å². The Balaban J connectivity index is 2.70. The molecule has 0 aromatic rings. The van der Waals surface area contributed by atoms with Crippen molar-refractivity contribution in [3.05, 3.63) is 0 Å². The second kappa shape index (κ2) is 5.77. The molecule has 0 saturated carbocycles. The van der Waals surface area contributed by atoms with Crippen molar-refractivity contribution >= 4 is 21.8 Å². The van der Waals surface area contributed by atoms with Gasteiger partial charge in [-0.05, 0) is 19.3 Å². The van der Waals surface area contributed by atoms with Crippen molar-refractivity contribution in [2.45, 2.75) is 49.2 Å². The van der Waals surface area contributed by atoms with Crippen molar-refractivity contribution < 1.29 is 23.1 Å². The topological polar surface area (TPSA) is 40.5 Å². The van der Waals surface area contributed by atoms with Gasteiger partial charge in [-0.25, -0.2) is 0 Å². The van der Waals surface area contributed by atoms with Crippen LogP contribution in [0.15, 0.2) is 0 Å². The Morgan fingerprint density at radius 1 is 1.44 bits per heavy atom. The first-order valence-electron chi connectivity index (χ1n) is 5.93. The minimum Gasteiger partial charge on any atom is -0.380 e. The van der Waals surface area contributed by atoms with Gasteiger partial charge in [0.25, 0.3) is 0 Å². The van der Waals surface area contributed by atoms with E-state index in [1.807, 2.05) is 6.92 Å². The highest BCUT2D eigenvalue weighted by Crippen LogP contribution is 2.38. The Bertz CT molecular complexity index is 311. The largest absolute Gasteiger partial charge is 0.417 e. The molecule has 1 saturated heterocycles. The monoisotopic (exact) mass is 331 g/mol. The summed E-state index contributed by atoms with van der Waals surface area (Å²) in [6.45, 7) is 2.03. The molecule has 106 valence electrons. The van der Waals surface area contributed by atoms with E-state index in [-0.39, 0.29) is 36.7 Å². The number of hydrogen-bond donors (Lipinski definition) is 1. The Labute approximate surface area is 112 Å². The maximum atomic E-state index is 12.7. The molecule has 18 heavy (non-hydrogen) atoms. The fraction of sp³-hybridized carbons (Fsp3) is 0.909. The van der Waals surface area contributed by atoms with Crippen LogP contribution >= 0.6 is 15.9 Å². The van der Waals surface area contributed by atoms with E-state index >= 15 is 0 Å². The molecule has 0 aliphatic carbocycles. The van der Waals surface area contributed by atoms with E-state index in [0.717, 1.165) is 0 Å². The summed E-state index contributed by atoms with van der Waals surface area (Å²) < 4.78 is 38.1. The number of carbonyl (C=O) groups excluding carboxylic acids is 1. The molecule has 0 bridgehead atoms. The Morgan fingerprint density at radius 2 is 2.06 bits per heavy atom. The molecule has 1 amide bonds. The van der Waals surface area contributed by atoms with Crippen LogP contribution in [0.4, 0.5) is 13.2 Å². The van der Waals surface area contributed by atoms with Crippen molar-refractivity contribution in [3.8, 4) is 0 Å². The van der Waals surface area contributed by atoms with Crippen LogP contribution in [0.2, 0.25) is 0 Å². The molecule has 0 aromatic heterocycles. The van der Waals surface area contributed by atoms with Gasteiger partial charge in [-0.15, -0.1) is 0 Å². The summed E-state index contributed by atoms with van der Waals surface area (Å²) in [5.41, 5.74) is -2.66. The van der Waals surface area contributed by atoms with Crippen LogP contribution in [-0.2, 0) is 4.79 Å². The highest BCUT2D eigenvalue weighted by Gasteiger charge is 2.53. The molecule has 1 N–H and O–H groups in total. The second-order valence-electron chi connectivity index (χ2n) is 4.58. The van der Waals surface area contributed by atoms with Crippen molar-refractivity contribution in [2.75, 3.05) is 13.1 Å². The third-order valence-corrected chi connectivity index (χ3v) is 4.32. The van der Waals surface area contributed by atoms with Crippen LogP contribution in [0.25, 0.3) is 0 Å². The maximum absolute atomic E-state index is 12.7. The first-order valence-corrected chi connectivity index (χ1v) is 6.85. The molecule has 0 radical (unpaired) electrons. The Hall–Kier alpha value is -0.300. The zero-order chi connectivity index (χ0) is 14.0. The molecule has 2 atom stereocenters. The van der Waals surface area contributed by atoms with Gasteiger partial charge >= 0.3 is 6.18 Å². The second-order valence-corrected chi connectivity index (χ2v) is 5.69. The lowest BCUT2D eigenvalue weighted by atomic mass is 9.94. The third kappa shape index (κ3) is 3.38. The lowest BCUT2D eigenvalue weighted by Crippen LogP contribution is -2.46. The zero-order valence-electron chi connectivity index (χ0n) is 10.1. The molecule has 1 rings (SSSR count). The number of halogens is 4. The van der Waals surface area contributed by atoms with E-state index in [0.29, 0.717) is 6.42 Å². The molecule has 0 aromatic carbocycles. The van der Waals surface area contributed by atoms with Gasteiger partial charge < -0.3 is 10.0 Å². The quantitative estimate of drug-likeness (QED) is 0.789. The zero-order valence-corrected chi connectivity index (χ0v) is 11.7. The molecular formula is C11H17BrF3NO2. The fourth-order valence-electron chi connectivity index (χ4n) is 2.00. The van der Waals surface area contributed by atoms with Crippen molar-refractivity contribution in [1.82, 2.24) is 4.90 Å². The number of aliphatic hydroxyl groups is 1. The minimum atomic E-state index is -4.63. The van der Waals surface area contributed by atoms with Crippen LogP contribution < -0.4 is 0 Å². The number of rotatable bonds is 2. The predicted molar refractivity (Wildman–Crippen MR) is 64.4 cm³/mol. The maximum Gasteiger partial charge on any atom is 0.417 e. The summed E-state index contributed by atoms with van der Waals surface area (Å²) in [7, 11) is 0. The van der Waals surface area contributed by atoms with E-state index in [1.54, 1.807) is 0 Å². The summed E-state index contributed by atoms with van der Waals surface area (Å²) in [5, 5.41) is 9.61. The highest BCUT2D eigenvalue weighted by atomic mass is 79.9. The summed E-state index contributed by atoms with van der Waals surface area (Å²) in [6.07, 6.45) is -4.69. The number of nitrogens with zero attached hydrogens (tertiary/aromatic N) is 1. The molecular weight excluding hydrogens is 315 g/mol. The number of amides is 1. The molecule has 1 heterocycles. The number of likely N-dealkylation sites (tertiary alicyclic amines) is 1. The Morgan fingerprint density at radius 3 is 2.56 bits per heavy atom. The van der Waals surface area contributed by atoms with Crippen LogP contribution in [0.1, 0.15) is 32.6 Å². The highest BCUT2D eigenvalue weighted by molar-refractivity contribution is 9.10. The lowest BCUT2D eigenvalue weighted by molar-refractivity contribution is -0.263. The van der Waals surface area contributed by atoms with E-state index in [2.05, 4.69) is 15.9 Å². The fourth-order valence-corrected chi connectivity index (χ4v) is 2.29. The average Bonchev–Trinajstić information content (AvgIpc) is 2.49. The summed E-state index contributed by atoms with van der Waals surface area (Å²) in [6, 6.07) is 0. The van der Waals surface area contributed by atoms with Crippen molar-refractivity contribution in [3.63, 3.8) is 0 Å². The molecule has 7 heteroatoms. The van der Waals surface area contributed by atoms with Gasteiger partial charge in [-0.1, -0.05) is 22.9 Å². The van der Waals surface area contributed by atoms with E-state index in [9.17, 15) is 23.1 Å². The van der Waals surface area contributed by atoms with Crippen LogP contribution in [-0.4, -0.2) is 45.6 Å². The number of carbonyl (C=O) groups is 1. The van der Waals surface area contributed by atoms with Gasteiger partial charge in [0.1, 0.15) is 0 Å². The first kappa shape index (κ1) is 15.8. The molecule has 1 aliphatic rings. The summed E-state index contributed by atoms with van der Waals surface area (Å²) >= 11 is 3.20. The van der Waals surface area contributed by atoms with Gasteiger partial charge in [0.05, 0.1) is 4.83 Å². The van der Waals surface area contributed by atoms with Crippen LogP contribution in [0.5, 0.6) is 0 Å². The molecule has 3 nitrogen and oxygen atoms in total. The van der Waals surface area contributed by atoms with E-state index in [1.165, 1.54) is 4.90 Å².